The van der Waals surface area contributed by atoms with Crippen LogP contribution in [0.4, 0.5) is 45.2 Å². The highest BCUT2D eigenvalue weighted by molar-refractivity contribution is 7.90. The molecular formula is C38H43BClF9N2O8S. The van der Waals surface area contributed by atoms with Gasteiger partial charge in [0.2, 0.25) is 10.0 Å². The number of carbonyl (C=O) groups excluding carboxylic acids is 2. The van der Waals surface area contributed by atoms with Crippen molar-refractivity contribution >= 4 is 46.3 Å². The van der Waals surface area contributed by atoms with Crippen molar-refractivity contribution in [1.82, 2.24) is 4.72 Å². The third kappa shape index (κ3) is 12.8. The second kappa shape index (κ2) is 18.8. The lowest BCUT2D eigenvalue weighted by Gasteiger charge is -2.44. The number of benzene rings is 2. The number of nitrogens with zero attached hydrogens (tertiary/aromatic N) is 1. The van der Waals surface area contributed by atoms with Crippen LogP contribution in [-0.4, -0.2) is 90.7 Å². The van der Waals surface area contributed by atoms with Gasteiger partial charge in [-0.15, -0.1) is 0 Å². The van der Waals surface area contributed by atoms with E-state index in [-0.39, 0.29) is 34.5 Å². The van der Waals surface area contributed by atoms with Crippen molar-refractivity contribution in [2.45, 2.75) is 81.6 Å². The molecule has 4 aliphatic rings. The number of allylic oxidation sites excluding steroid dienone is 2. The Morgan fingerprint density at radius 2 is 1.55 bits per heavy atom. The van der Waals surface area contributed by atoms with Crippen LogP contribution < -0.4 is 14.4 Å². The number of halogens is 10. The summed E-state index contributed by atoms with van der Waals surface area (Å²) < 4.78 is 151. The van der Waals surface area contributed by atoms with E-state index < -0.39 is 66.9 Å². The van der Waals surface area contributed by atoms with Gasteiger partial charge in [-0.2, -0.15) is 39.5 Å². The number of fused-ring (bicyclic) bond motifs is 4. The van der Waals surface area contributed by atoms with Crippen molar-refractivity contribution in [3.8, 4) is 5.75 Å². The number of alkyl halides is 9. The number of rotatable bonds is 6. The van der Waals surface area contributed by atoms with Gasteiger partial charge in [-0.3, -0.25) is 9.59 Å². The minimum Gasteiger partial charge on any atom is -0.490 e. The van der Waals surface area contributed by atoms with Crippen LogP contribution in [0.2, 0.25) is 5.02 Å². The molecule has 5 atom stereocenters. The summed E-state index contributed by atoms with van der Waals surface area (Å²) in [6.07, 6.45) is -6.27. The van der Waals surface area contributed by atoms with Gasteiger partial charge in [0.15, 0.2) is 5.78 Å². The fourth-order valence-electron chi connectivity index (χ4n) is 7.63. The molecular weight excluding hydrogens is 862 g/mol. The lowest BCUT2D eigenvalue weighted by atomic mass is 9.68. The van der Waals surface area contributed by atoms with Crippen LogP contribution in [0.5, 0.6) is 5.75 Å². The average molecular weight is 905 g/mol. The molecule has 22 heteroatoms. The fourth-order valence-corrected chi connectivity index (χ4v) is 9.11. The minimum absolute atomic E-state index is 0.0666. The molecule has 0 aromatic heterocycles. The molecule has 1 amide bonds. The molecule has 2 aliphatic carbocycles. The zero-order valence-electron chi connectivity index (χ0n) is 32.4. The number of hydrogen-bond donors (Lipinski definition) is 1. The smallest absolute Gasteiger partial charge is 0.490 e. The van der Waals surface area contributed by atoms with E-state index in [1.807, 2.05) is 13.0 Å². The lowest BCUT2D eigenvalue weighted by molar-refractivity contribution is -0.187. The van der Waals surface area contributed by atoms with Crippen molar-refractivity contribution in [3.63, 3.8) is 0 Å². The van der Waals surface area contributed by atoms with E-state index in [1.54, 1.807) is 37.3 Å². The van der Waals surface area contributed by atoms with E-state index in [4.69, 9.17) is 16.3 Å². The van der Waals surface area contributed by atoms with Crippen LogP contribution >= 0.6 is 11.6 Å². The van der Waals surface area contributed by atoms with Crippen molar-refractivity contribution in [1.29, 1.82) is 0 Å². The quantitative estimate of drug-likeness (QED) is 0.226. The van der Waals surface area contributed by atoms with Gasteiger partial charge in [0.25, 0.3) is 5.91 Å². The molecule has 332 valence electrons. The van der Waals surface area contributed by atoms with E-state index in [2.05, 4.69) is 35.7 Å². The molecule has 2 aromatic rings. The van der Waals surface area contributed by atoms with Gasteiger partial charge in [-0.1, -0.05) is 30.7 Å². The molecule has 2 aromatic carbocycles. The average Bonchev–Trinajstić information content (AvgIpc) is 3.27. The zero-order valence-corrected chi connectivity index (χ0v) is 34.0. The molecule has 0 radical (unpaired) electrons. The first kappa shape index (κ1) is 47.5. The highest BCUT2D eigenvalue weighted by atomic mass is 35.5. The maximum Gasteiger partial charge on any atom is 0.640 e. The molecule has 1 fully saturated rings. The van der Waals surface area contributed by atoms with Gasteiger partial charge < -0.3 is 23.6 Å². The van der Waals surface area contributed by atoms with Gasteiger partial charge >= 0.3 is 25.9 Å². The van der Waals surface area contributed by atoms with Crippen LogP contribution in [0.15, 0.2) is 48.6 Å². The summed E-state index contributed by atoms with van der Waals surface area (Å²) in [4.78, 5) is 28.8. The highest BCUT2D eigenvalue weighted by Crippen LogP contribution is 2.46. The van der Waals surface area contributed by atoms with E-state index in [1.165, 1.54) is 11.1 Å². The monoisotopic (exact) mass is 904 g/mol. The van der Waals surface area contributed by atoms with Crippen molar-refractivity contribution in [2.75, 3.05) is 44.4 Å². The largest absolute Gasteiger partial charge is 0.640 e. The summed E-state index contributed by atoms with van der Waals surface area (Å²) in [5.74, 6) is -0.0319. The maximum absolute atomic E-state index is 13.3. The van der Waals surface area contributed by atoms with Gasteiger partial charge in [0.05, 0.1) is 17.5 Å². The van der Waals surface area contributed by atoms with Gasteiger partial charge in [-0.25, -0.2) is 13.1 Å². The van der Waals surface area contributed by atoms with E-state index >= 15 is 0 Å². The summed E-state index contributed by atoms with van der Waals surface area (Å²) in [5.41, 5.74) is 3.22. The molecule has 2 bridgehead atoms. The second-order valence-corrected chi connectivity index (χ2v) is 18.0. The zero-order chi connectivity index (χ0) is 44.3. The SMILES string of the molecule is C[C@@H]1[C@@H](C)C/C=C/C(=O)[C@@H]2CC[C@H]2CN2C[C@@]3(CCCc4cc(Cl)ccc43)COc3ccc(cc32)C(=O)NS1(=O)=O.FC(F)(F)COB(OCC(F)(F)F)OCC(F)(F)F. The first-order chi connectivity index (χ1) is 27.8. The number of amides is 1. The Morgan fingerprint density at radius 3 is 2.13 bits per heavy atom. The van der Waals surface area contributed by atoms with Crippen molar-refractivity contribution in [2.24, 2.45) is 17.8 Å². The third-order valence-electron chi connectivity index (χ3n) is 11.0. The highest BCUT2D eigenvalue weighted by Gasteiger charge is 2.45. The minimum atomic E-state index is -4.96. The van der Waals surface area contributed by atoms with Crippen molar-refractivity contribution in [3.05, 3.63) is 70.3 Å². The lowest BCUT2D eigenvalue weighted by Crippen LogP contribution is -2.49. The number of sulfonamides is 1. The summed E-state index contributed by atoms with van der Waals surface area (Å²) in [5, 5.41) is -0.0854. The molecule has 0 unspecified atom stereocenters. The van der Waals surface area contributed by atoms with Crippen LogP contribution in [0.25, 0.3) is 0 Å². The molecule has 0 saturated heterocycles. The molecule has 60 heavy (non-hydrogen) atoms. The number of anilines is 1. The van der Waals surface area contributed by atoms with Gasteiger partial charge in [0, 0.05) is 35.0 Å². The molecule has 2 heterocycles. The van der Waals surface area contributed by atoms with Crippen LogP contribution in [0.1, 0.15) is 67.4 Å². The number of aryl methyl sites for hydroxylation is 1. The standard InChI is InChI=1S/C32H37ClN2O5S.C6H6BF9O3/c1-20-5-3-7-29(36)26-11-8-24(26)17-35-18-32(14-4-6-22-15-25(33)10-12-27(22)32)19-40-30-13-9-23(16-28(30)35)31(37)34-41(38,39)21(20)2;8-4(9,10)1-17-7(18-2-5(11,12)13)19-3-6(14,15)16/h3,7,9-10,12-13,15-16,20-21,24,26H,4-6,8,11,14,17-19H2,1-2H3,(H,34,37);1-3H2/b7-3+;/t20-,21+,24-,26+,32-;/m0./s1. The third-order valence-corrected chi connectivity index (χ3v) is 13.2. The van der Waals surface area contributed by atoms with Crippen LogP contribution in [0, 0.1) is 17.8 Å². The number of ether oxygens (including phenoxy) is 1. The van der Waals surface area contributed by atoms with E-state index in [0.717, 1.165) is 42.8 Å². The molecule has 10 nitrogen and oxygen atoms in total. The first-order valence-electron chi connectivity index (χ1n) is 19.0. The Hall–Kier alpha value is -3.53. The summed E-state index contributed by atoms with van der Waals surface area (Å²) in [6.45, 7) is -1.13. The summed E-state index contributed by atoms with van der Waals surface area (Å²) >= 11 is 6.37. The Bertz CT molecular complexity index is 1960. The summed E-state index contributed by atoms with van der Waals surface area (Å²) in [7, 11) is -6.66. The molecule has 6 rings (SSSR count). The first-order valence-corrected chi connectivity index (χ1v) is 20.9. The van der Waals surface area contributed by atoms with Gasteiger partial charge in [0.1, 0.15) is 25.6 Å². The number of carbonyl (C=O) groups is 2. The van der Waals surface area contributed by atoms with Crippen molar-refractivity contribution < 1.29 is 76.2 Å². The Labute approximate surface area is 346 Å². The predicted octanol–water partition coefficient (Wildman–Crippen LogP) is 8.16. The van der Waals surface area contributed by atoms with E-state index in [9.17, 15) is 57.5 Å². The number of hydrogen-bond acceptors (Lipinski definition) is 9. The molecule has 1 N–H and O–H groups in total. The van der Waals surface area contributed by atoms with Crippen LogP contribution in [-0.2, 0) is 40.6 Å². The maximum atomic E-state index is 13.3. The normalized spacial score (nSPS) is 26.2. The molecule has 1 saturated carbocycles. The molecule has 2 aliphatic heterocycles. The summed E-state index contributed by atoms with van der Waals surface area (Å²) in [6, 6.07) is 11.3. The van der Waals surface area contributed by atoms with E-state index in [0.29, 0.717) is 31.9 Å². The Morgan fingerprint density at radius 1 is 0.917 bits per heavy atom. The predicted molar refractivity (Wildman–Crippen MR) is 202 cm³/mol. The van der Waals surface area contributed by atoms with Gasteiger partial charge in [-0.05, 0) is 105 Å². The Kier molecular flexibility index (Phi) is 14.9. The Balaban J connectivity index is 0.000000305. The number of nitrogens with one attached hydrogen (secondary N) is 1. The fraction of sp³-hybridized carbons (Fsp3) is 0.579. The topological polar surface area (TPSA) is 120 Å². The van der Waals surface area contributed by atoms with Crippen LogP contribution in [0.3, 0.4) is 0 Å². The molecule has 1 spiro atoms. The second-order valence-electron chi connectivity index (χ2n) is 15.5. The number of ketones is 1.